The summed E-state index contributed by atoms with van der Waals surface area (Å²) in [6.45, 7) is 3.28. The molecule has 0 aliphatic rings. The number of likely N-dealkylation sites (N-methyl/N-ethyl adjacent to an activating group) is 1. The second-order valence-corrected chi connectivity index (χ2v) is 4.13. The van der Waals surface area contributed by atoms with Gasteiger partial charge in [0.25, 0.3) is 0 Å². The Morgan fingerprint density at radius 1 is 1.25 bits per heavy atom. The fourth-order valence-corrected chi connectivity index (χ4v) is 1.43. The summed E-state index contributed by atoms with van der Waals surface area (Å²) in [6, 6.07) is 6.55. The van der Waals surface area contributed by atoms with Gasteiger partial charge < -0.3 is 4.90 Å². The molecule has 0 bridgehead atoms. The van der Waals surface area contributed by atoms with Gasteiger partial charge in [-0.15, -0.1) is 0 Å². The molecule has 0 fully saturated rings. The molecule has 0 saturated heterocycles. The maximum absolute atomic E-state index is 12.6. The van der Waals surface area contributed by atoms with E-state index in [1.165, 1.54) is 12.1 Å². The molecule has 0 aliphatic carbocycles. The van der Waals surface area contributed by atoms with Gasteiger partial charge in [0, 0.05) is 19.5 Å². The molecule has 0 saturated carbocycles. The van der Waals surface area contributed by atoms with E-state index in [0.717, 1.165) is 25.1 Å². The van der Waals surface area contributed by atoms with Crippen molar-refractivity contribution < 1.29 is 9.18 Å². The molecule has 2 nitrogen and oxygen atoms in total. The summed E-state index contributed by atoms with van der Waals surface area (Å²) >= 11 is 0. The first-order chi connectivity index (χ1) is 7.58. The molecule has 1 rings (SSSR count). The minimum Gasteiger partial charge on any atom is -0.306 e. The van der Waals surface area contributed by atoms with Crippen LogP contribution in [-0.2, 0) is 11.2 Å². The summed E-state index contributed by atoms with van der Waals surface area (Å²) in [6.07, 6.45) is 1.48. The largest absolute Gasteiger partial charge is 0.306 e. The maximum atomic E-state index is 12.6. The first-order valence-electron chi connectivity index (χ1n) is 5.50. The van der Waals surface area contributed by atoms with Gasteiger partial charge in [-0.05, 0) is 38.1 Å². The number of hydrogen-bond donors (Lipinski definition) is 0. The van der Waals surface area contributed by atoms with Gasteiger partial charge in [-0.1, -0.05) is 12.1 Å². The van der Waals surface area contributed by atoms with Crippen LogP contribution in [-0.4, -0.2) is 30.8 Å². The van der Waals surface area contributed by atoms with Crippen LogP contribution in [0.3, 0.4) is 0 Å². The van der Waals surface area contributed by atoms with Crippen molar-refractivity contribution in [2.24, 2.45) is 0 Å². The van der Waals surface area contributed by atoms with E-state index in [1.54, 1.807) is 19.1 Å². The number of carbonyl (C=O) groups excluding carboxylic acids is 1. The molecule has 0 heterocycles. The van der Waals surface area contributed by atoms with Crippen LogP contribution in [0.4, 0.5) is 4.39 Å². The summed E-state index contributed by atoms with van der Waals surface area (Å²) in [5.74, 6) is 0.0160. The topological polar surface area (TPSA) is 20.3 Å². The maximum Gasteiger partial charge on any atom is 0.131 e. The molecule has 0 unspecified atom stereocenters. The third-order valence-corrected chi connectivity index (χ3v) is 2.54. The molecule has 0 spiro atoms. The van der Waals surface area contributed by atoms with Crippen molar-refractivity contribution in [1.29, 1.82) is 0 Å². The number of nitrogens with zero attached hydrogens (tertiary/aromatic N) is 1. The predicted molar refractivity (Wildman–Crippen MR) is 62.9 cm³/mol. The Balaban J connectivity index is 2.28. The van der Waals surface area contributed by atoms with Gasteiger partial charge in [0.05, 0.1) is 0 Å². The molecular formula is C13H18FNO. The average Bonchev–Trinajstić information content (AvgIpc) is 2.25. The SMILES string of the molecule is CC(=O)CCN(C)CCc1ccc(F)cc1. The average molecular weight is 223 g/mol. The zero-order valence-corrected chi connectivity index (χ0v) is 9.87. The second kappa shape index (κ2) is 6.38. The van der Waals surface area contributed by atoms with Crippen LogP contribution in [0, 0.1) is 5.82 Å². The van der Waals surface area contributed by atoms with E-state index in [0.29, 0.717) is 6.42 Å². The van der Waals surface area contributed by atoms with Crippen LogP contribution in [0.2, 0.25) is 0 Å². The van der Waals surface area contributed by atoms with E-state index in [1.807, 2.05) is 7.05 Å². The minimum absolute atomic E-state index is 0.200. The van der Waals surface area contributed by atoms with Crippen molar-refractivity contribution in [3.05, 3.63) is 35.6 Å². The van der Waals surface area contributed by atoms with Gasteiger partial charge in [0.2, 0.25) is 0 Å². The molecule has 0 amide bonds. The highest BCUT2D eigenvalue weighted by atomic mass is 19.1. The molecular weight excluding hydrogens is 205 g/mol. The minimum atomic E-state index is -0.200. The van der Waals surface area contributed by atoms with Gasteiger partial charge in [0.15, 0.2) is 0 Å². The predicted octanol–water partition coefficient (Wildman–Crippen LogP) is 2.28. The number of carbonyl (C=O) groups is 1. The molecule has 1 aromatic carbocycles. The second-order valence-electron chi connectivity index (χ2n) is 4.13. The van der Waals surface area contributed by atoms with Gasteiger partial charge >= 0.3 is 0 Å². The van der Waals surface area contributed by atoms with E-state index in [2.05, 4.69) is 4.90 Å². The van der Waals surface area contributed by atoms with Crippen molar-refractivity contribution in [1.82, 2.24) is 4.90 Å². The smallest absolute Gasteiger partial charge is 0.131 e. The normalized spacial score (nSPS) is 10.8. The lowest BCUT2D eigenvalue weighted by atomic mass is 10.1. The summed E-state index contributed by atoms with van der Waals surface area (Å²) in [5, 5.41) is 0. The molecule has 0 atom stereocenters. The third kappa shape index (κ3) is 5.03. The zero-order chi connectivity index (χ0) is 12.0. The van der Waals surface area contributed by atoms with Crippen molar-refractivity contribution in [2.75, 3.05) is 20.1 Å². The molecule has 16 heavy (non-hydrogen) atoms. The van der Waals surface area contributed by atoms with Crippen LogP contribution < -0.4 is 0 Å². The summed E-state index contributed by atoms with van der Waals surface area (Å²) in [5.41, 5.74) is 1.12. The summed E-state index contributed by atoms with van der Waals surface area (Å²) in [7, 11) is 1.99. The van der Waals surface area contributed by atoms with Gasteiger partial charge in [0.1, 0.15) is 11.6 Å². The van der Waals surface area contributed by atoms with Crippen LogP contribution in [0.15, 0.2) is 24.3 Å². The highest BCUT2D eigenvalue weighted by Crippen LogP contribution is 2.04. The van der Waals surface area contributed by atoms with Crippen LogP contribution in [0.25, 0.3) is 0 Å². The van der Waals surface area contributed by atoms with E-state index < -0.39 is 0 Å². The molecule has 88 valence electrons. The highest BCUT2D eigenvalue weighted by molar-refractivity contribution is 5.75. The van der Waals surface area contributed by atoms with E-state index in [-0.39, 0.29) is 11.6 Å². The van der Waals surface area contributed by atoms with Gasteiger partial charge in [-0.3, -0.25) is 4.79 Å². The lowest BCUT2D eigenvalue weighted by Gasteiger charge is -2.15. The van der Waals surface area contributed by atoms with E-state index in [4.69, 9.17) is 0 Å². The van der Waals surface area contributed by atoms with E-state index in [9.17, 15) is 9.18 Å². The fourth-order valence-electron chi connectivity index (χ4n) is 1.43. The highest BCUT2D eigenvalue weighted by Gasteiger charge is 2.01. The van der Waals surface area contributed by atoms with Crippen LogP contribution in [0.5, 0.6) is 0 Å². The van der Waals surface area contributed by atoms with Gasteiger partial charge in [-0.25, -0.2) is 4.39 Å². The van der Waals surface area contributed by atoms with E-state index >= 15 is 0 Å². The lowest BCUT2D eigenvalue weighted by Crippen LogP contribution is -2.23. The van der Waals surface area contributed by atoms with Crippen LogP contribution in [0.1, 0.15) is 18.9 Å². The van der Waals surface area contributed by atoms with Crippen molar-refractivity contribution in [2.45, 2.75) is 19.8 Å². The first kappa shape index (κ1) is 12.8. The third-order valence-electron chi connectivity index (χ3n) is 2.54. The number of halogens is 1. The Hall–Kier alpha value is -1.22. The van der Waals surface area contributed by atoms with Crippen molar-refractivity contribution in [3.63, 3.8) is 0 Å². The number of ketones is 1. The van der Waals surface area contributed by atoms with Gasteiger partial charge in [-0.2, -0.15) is 0 Å². The number of Topliss-reactive ketones (excluding diaryl/α,β-unsaturated/α-hetero) is 1. The standard InChI is InChI=1S/C13H18FNO/c1-11(16)7-9-15(2)10-8-12-3-5-13(14)6-4-12/h3-6H,7-10H2,1-2H3. The first-order valence-corrected chi connectivity index (χ1v) is 5.50. The Labute approximate surface area is 96.1 Å². The zero-order valence-electron chi connectivity index (χ0n) is 9.87. The Kier molecular flexibility index (Phi) is 5.12. The molecule has 3 heteroatoms. The lowest BCUT2D eigenvalue weighted by molar-refractivity contribution is -0.117. The van der Waals surface area contributed by atoms with Crippen molar-refractivity contribution >= 4 is 5.78 Å². The van der Waals surface area contributed by atoms with Crippen molar-refractivity contribution in [3.8, 4) is 0 Å². The van der Waals surface area contributed by atoms with Crippen LogP contribution >= 0.6 is 0 Å². The monoisotopic (exact) mass is 223 g/mol. The number of rotatable bonds is 6. The quantitative estimate of drug-likeness (QED) is 0.737. The number of benzene rings is 1. The molecule has 0 aromatic heterocycles. The molecule has 0 N–H and O–H groups in total. The Morgan fingerprint density at radius 2 is 1.88 bits per heavy atom. The fraction of sp³-hybridized carbons (Fsp3) is 0.462. The Bertz CT molecular complexity index is 334. The molecule has 0 aliphatic heterocycles. The summed E-state index contributed by atoms with van der Waals surface area (Å²) < 4.78 is 12.6. The molecule has 1 aromatic rings. The summed E-state index contributed by atoms with van der Waals surface area (Å²) in [4.78, 5) is 12.9. The Morgan fingerprint density at radius 3 is 2.44 bits per heavy atom. The molecule has 0 radical (unpaired) electrons. The number of hydrogen-bond acceptors (Lipinski definition) is 2.